The van der Waals surface area contributed by atoms with E-state index in [1.807, 2.05) is 13.8 Å². The van der Waals surface area contributed by atoms with Gasteiger partial charge >= 0.3 is 25.0 Å². The van der Waals surface area contributed by atoms with Crippen molar-refractivity contribution in [3.8, 4) is 0 Å². The number of Topliss-reactive ketones (excluding diaryl/α,β-unsaturated/α-hetero) is 1. The van der Waals surface area contributed by atoms with E-state index >= 15 is 0 Å². The van der Waals surface area contributed by atoms with E-state index < -0.39 is 6.09 Å². The van der Waals surface area contributed by atoms with Crippen LogP contribution >= 0.6 is 0 Å². The number of hydrogen-bond donors (Lipinski definition) is 2. The fourth-order valence-corrected chi connectivity index (χ4v) is 1.74. The molecule has 1 amide bonds. The Morgan fingerprint density at radius 3 is 2.43 bits per heavy atom. The van der Waals surface area contributed by atoms with Gasteiger partial charge in [0.1, 0.15) is 5.69 Å². The zero-order valence-electron chi connectivity index (χ0n) is 15.1. The van der Waals surface area contributed by atoms with Crippen molar-refractivity contribution in [1.82, 2.24) is 15.1 Å². The van der Waals surface area contributed by atoms with Crippen LogP contribution in [0.1, 0.15) is 55.7 Å². The summed E-state index contributed by atoms with van der Waals surface area (Å²) in [5.74, 6) is 0.180. The Kier molecular flexibility index (Phi) is 13.8. The summed E-state index contributed by atoms with van der Waals surface area (Å²) in [6, 6.07) is 1.77. The molecule has 7 heteroatoms. The Morgan fingerprint density at radius 1 is 1.48 bits per heavy atom. The van der Waals surface area contributed by atoms with Crippen LogP contribution in [0.4, 0.5) is 4.79 Å². The molecule has 0 aliphatic heterocycles. The first-order valence-corrected chi connectivity index (χ1v) is 7.61. The van der Waals surface area contributed by atoms with Gasteiger partial charge in [-0.25, -0.2) is 4.79 Å². The number of unbranched alkanes of at least 4 members (excludes halogenated alkanes) is 1. The van der Waals surface area contributed by atoms with Gasteiger partial charge in [-0.15, -0.1) is 0 Å². The van der Waals surface area contributed by atoms with Gasteiger partial charge in [0.2, 0.25) is 0 Å². The van der Waals surface area contributed by atoms with Crippen LogP contribution in [0.15, 0.2) is 6.07 Å². The maximum absolute atomic E-state index is 11.9. The summed E-state index contributed by atoms with van der Waals surface area (Å²) in [4.78, 5) is 22.2. The minimum Gasteiger partial charge on any atom is -0.465 e. The molecular formula is C16H28LiN3O3. The van der Waals surface area contributed by atoms with Gasteiger partial charge in [0, 0.05) is 20.0 Å². The van der Waals surface area contributed by atoms with Crippen molar-refractivity contribution in [2.45, 2.75) is 46.5 Å². The third kappa shape index (κ3) is 11.0. The summed E-state index contributed by atoms with van der Waals surface area (Å²) >= 11 is 0. The summed E-state index contributed by atoms with van der Waals surface area (Å²) in [5.41, 5.74) is 1.42. The molecule has 0 aromatic carbocycles. The number of hydrogen-bond acceptors (Lipinski definition) is 3. The maximum Gasteiger partial charge on any atom is 1.00 e. The summed E-state index contributed by atoms with van der Waals surface area (Å²) < 4.78 is 1.58. The van der Waals surface area contributed by atoms with Gasteiger partial charge in [0.05, 0.1) is 5.69 Å². The third-order valence-corrected chi connectivity index (χ3v) is 3.11. The van der Waals surface area contributed by atoms with Crippen LogP contribution < -0.4 is 24.2 Å². The number of nitrogens with one attached hydrogen (secondary N) is 1. The van der Waals surface area contributed by atoms with E-state index in [0.717, 1.165) is 12.1 Å². The second-order valence-electron chi connectivity index (χ2n) is 5.40. The van der Waals surface area contributed by atoms with Crippen LogP contribution in [0.3, 0.4) is 0 Å². The molecule has 0 aliphatic rings. The molecule has 1 aromatic rings. The average Bonchev–Trinajstić information content (AvgIpc) is 2.81. The zero-order valence-corrected chi connectivity index (χ0v) is 15.1. The van der Waals surface area contributed by atoms with Crippen LogP contribution in [0, 0.1) is 19.8 Å². The second-order valence-corrected chi connectivity index (χ2v) is 5.40. The van der Waals surface area contributed by atoms with Crippen LogP contribution in [-0.4, -0.2) is 33.3 Å². The van der Waals surface area contributed by atoms with E-state index in [-0.39, 0.29) is 30.6 Å². The molecule has 6 nitrogen and oxygen atoms in total. The number of aromatic nitrogens is 2. The van der Waals surface area contributed by atoms with Gasteiger partial charge < -0.3 is 17.3 Å². The van der Waals surface area contributed by atoms with Gasteiger partial charge in [-0.2, -0.15) is 11.5 Å². The predicted octanol–water partition coefficient (Wildman–Crippen LogP) is 0.220. The van der Waals surface area contributed by atoms with Crippen LogP contribution in [0.25, 0.3) is 0 Å². The Morgan fingerprint density at radius 2 is 2.04 bits per heavy atom. The van der Waals surface area contributed by atoms with E-state index in [1.165, 1.54) is 6.42 Å². The topological polar surface area (TPSA) is 84.2 Å². The van der Waals surface area contributed by atoms with E-state index in [2.05, 4.69) is 24.3 Å². The molecule has 1 atom stereocenters. The van der Waals surface area contributed by atoms with Crippen molar-refractivity contribution in [3.63, 3.8) is 0 Å². The Bertz CT molecular complexity index is 473. The number of nitrogens with zero attached hydrogens (tertiary/aromatic N) is 2. The first kappa shape index (κ1) is 24.0. The van der Waals surface area contributed by atoms with Crippen LogP contribution in [0.5, 0.6) is 0 Å². The largest absolute Gasteiger partial charge is 1.00 e. The minimum absolute atomic E-state index is 0. The molecule has 1 aromatic heterocycles. The van der Waals surface area contributed by atoms with Gasteiger partial charge in [0.25, 0.3) is 0 Å². The molecule has 0 spiro atoms. The van der Waals surface area contributed by atoms with Crippen molar-refractivity contribution < 1.29 is 33.6 Å². The molecule has 1 heterocycles. The fraction of sp³-hybridized carbons (Fsp3) is 0.625. The quantitative estimate of drug-likeness (QED) is 0.428. The fourth-order valence-electron chi connectivity index (χ4n) is 1.74. The average molecular weight is 317 g/mol. The van der Waals surface area contributed by atoms with Crippen LogP contribution in [-0.2, 0) is 7.05 Å². The predicted molar refractivity (Wildman–Crippen MR) is 87.0 cm³/mol. The number of amides is 1. The van der Waals surface area contributed by atoms with E-state index in [9.17, 15) is 9.59 Å². The van der Waals surface area contributed by atoms with Gasteiger partial charge in [0.15, 0.2) is 5.78 Å². The first-order valence-electron chi connectivity index (χ1n) is 7.61. The first-order chi connectivity index (χ1) is 10.3. The molecule has 1 rings (SSSR count). The second kappa shape index (κ2) is 13.2. The van der Waals surface area contributed by atoms with E-state index in [0.29, 0.717) is 25.1 Å². The molecule has 2 N–H and O–H groups in total. The van der Waals surface area contributed by atoms with Crippen molar-refractivity contribution in [1.29, 1.82) is 0 Å². The zero-order chi connectivity index (χ0) is 17.1. The molecule has 0 unspecified atom stereocenters. The van der Waals surface area contributed by atoms with Gasteiger partial charge in [-0.3, -0.25) is 9.48 Å². The number of carbonyl (C=O) groups is 2. The Hall–Kier alpha value is -1.25. The summed E-state index contributed by atoms with van der Waals surface area (Å²) in [5, 5.41) is 14.9. The van der Waals surface area contributed by atoms with Crippen molar-refractivity contribution in [2.75, 3.05) is 6.54 Å². The summed E-state index contributed by atoms with van der Waals surface area (Å²) in [7, 11) is 1.75. The number of carbonyl (C=O) groups excluding carboxylic acids is 1. The standard InChI is InChI=1S/C12H19N3O3.C4H9.Li/c1-8(7-13-12(17)18)4-5-11(16)10-6-9(2)14-15(10)3;1-3-4-2;/h6,8,13H,4-5,7H2,1-3H3,(H,17,18);1,3-4H2,2H3;/q;-1;+1/t8-;;/m0../s1. The molecule has 0 aliphatic carbocycles. The molecule has 0 saturated heterocycles. The molecule has 126 valence electrons. The van der Waals surface area contributed by atoms with Crippen molar-refractivity contribution >= 4 is 11.9 Å². The molecular weight excluding hydrogens is 289 g/mol. The molecule has 0 radical (unpaired) electrons. The maximum atomic E-state index is 11.9. The third-order valence-electron chi connectivity index (χ3n) is 3.11. The number of aryl methyl sites for hydroxylation is 2. The SMILES string of the molecule is Cc1cc(C(=O)CC[C@H](C)CNC(=O)O)n(C)n1.[CH2-]CCC.[Li+]. The number of rotatable bonds is 7. The van der Waals surface area contributed by atoms with E-state index in [4.69, 9.17) is 5.11 Å². The Labute approximate surface area is 151 Å². The van der Waals surface area contributed by atoms with Gasteiger partial charge in [-0.1, -0.05) is 20.3 Å². The normalized spacial score (nSPS) is 10.8. The Balaban J connectivity index is 0. The summed E-state index contributed by atoms with van der Waals surface area (Å²) in [6.45, 7) is 9.85. The van der Waals surface area contributed by atoms with Crippen molar-refractivity contribution in [2.24, 2.45) is 13.0 Å². The van der Waals surface area contributed by atoms with Gasteiger partial charge in [-0.05, 0) is 25.3 Å². The molecule has 23 heavy (non-hydrogen) atoms. The van der Waals surface area contributed by atoms with E-state index in [1.54, 1.807) is 17.8 Å². The monoisotopic (exact) mass is 317 g/mol. The van der Waals surface area contributed by atoms with Crippen molar-refractivity contribution in [3.05, 3.63) is 24.4 Å². The molecule has 0 saturated carbocycles. The number of carboxylic acid groups (broad SMARTS) is 1. The molecule has 0 bridgehead atoms. The number of ketones is 1. The minimum atomic E-state index is -1.03. The smallest absolute Gasteiger partial charge is 0.465 e. The van der Waals surface area contributed by atoms with Crippen LogP contribution in [0.2, 0.25) is 0 Å². The summed E-state index contributed by atoms with van der Waals surface area (Å²) in [6.07, 6.45) is 2.31. The molecule has 0 fully saturated rings.